The Kier molecular flexibility index (Phi) is 1.63. The van der Waals surface area contributed by atoms with Gasteiger partial charge in [0.15, 0.2) is 0 Å². The summed E-state index contributed by atoms with van der Waals surface area (Å²) in [5.41, 5.74) is 5.84. The van der Waals surface area contributed by atoms with Crippen LogP contribution in [0.5, 0.6) is 0 Å². The molecule has 1 nitrogen and oxygen atoms in total. The third-order valence-electron chi connectivity index (χ3n) is 3.08. The number of hydrogen-bond donors (Lipinski definition) is 1. The van der Waals surface area contributed by atoms with E-state index >= 15 is 0 Å². The number of benzene rings is 1. The fourth-order valence-corrected chi connectivity index (χ4v) is 2.24. The van der Waals surface area contributed by atoms with Gasteiger partial charge in [-0.3, -0.25) is 0 Å². The Morgan fingerprint density at radius 2 is 1.53 bits per heavy atom. The van der Waals surface area contributed by atoms with Crippen LogP contribution in [0.15, 0.2) is 36.4 Å². The highest BCUT2D eigenvalue weighted by molar-refractivity contribution is 6.15. The zero-order chi connectivity index (χ0) is 9.12. The Labute approximate surface area is 93.5 Å². The highest BCUT2D eigenvalue weighted by atomic mass is 35.5. The van der Waals surface area contributed by atoms with E-state index < -0.39 is 0 Å². The summed E-state index contributed by atoms with van der Waals surface area (Å²) in [6.07, 6.45) is 1.19. The number of aromatic nitrogens is 1. The topological polar surface area (TPSA) is 15.8 Å². The molecule has 3 aromatic rings. The summed E-state index contributed by atoms with van der Waals surface area (Å²) in [6, 6.07) is 12.8. The molecule has 4 rings (SSSR count). The maximum absolute atomic E-state index is 3.38. The molecule has 0 aliphatic heterocycles. The molecule has 0 saturated carbocycles. The number of nitrogens with one attached hydrogen (secondary N) is 1. The molecule has 0 atom stereocenters. The lowest BCUT2D eigenvalue weighted by molar-refractivity contribution is 1.61. The first-order valence-electron chi connectivity index (χ1n) is 4.95. The number of aromatic amines is 1. The summed E-state index contributed by atoms with van der Waals surface area (Å²) in [6.45, 7) is 0. The normalized spacial score (nSPS) is 12.5. The van der Waals surface area contributed by atoms with E-state index in [0.717, 1.165) is 0 Å². The van der Waals surface area contributed by atoms with Crippen molar-refractivity contribution in [3.63, 3.8) is 0 Å². The van der Waals surface area contributed by atoms with Gasteiger partial charge in [-0.05, 0) is 16.5 Å². The third kappa shape index (κ3) is 1.10. The molecule has 1 heterocycles. The van der Waals surface area contributed by atoms with Gasteiger partial charge in [-0.2, -0.15) is 0 Å². The van der Waals surface area contributed by atoms with Crippen LogP contribution >= 0.6 is 12.4 Å². The average molecular weight is 216 g/mol. The van der Waals surface area contributed by atoms with E-state index in [9.17, 15) is 0 Å². The third-order valence-corrected chi connectivity index (χ3v) is 3.08. The summed E-state index contributed by atoms with van der Waals surface area (Å²) < 4.78 is 0. The highest BCUT2D eigenvalue weighted by Crippen LogP contribution is 2.44. The lowest BCUT2D eigenvalue weighted by Gasteiger charge is -1.89. The van der Waals surface area contributed by atoms with Gasteiger partial charge < -0.3 is 4.98 Å². The van der Waals surface area contributed by atoms with Crippen molar-refractivity contribution in [2.24, 2.45) is 0 Å². The number of H-pyrrole nitrogens is 1. The highest BCUT2D eigenvalue weighted by Gasteiger charge is 2.27. The van der Waals surface area contributed by atoms with E-state index in [-0.39, 0.29) is 12.4 Å². The molecule has 0 spiro atoms. The van der Waals surface area contributed by atoms with E-state index in [4.69, 9.17) is 0 Å². The maximum atomic E-state index is 3.38. The Morgan fingerprint density at radius 1 is 0.800 bits per heavy atom. The van der Waals surface area contributed by atoms with Gasteiger partial charge in [0, 0.05) is 11.8 Å². The minimum absolute atomic E-state index is 0. The molecular weight excluding hydrogens is 206 g/mol. The Bertz CT molecular complexity index is 667. The molecule has 0 unspecified atom stereocenters. The molecule has 0 saturated heterocycles. The van der Waals surface area contributed by atoms with Crippen LogP contribution in [0.3, 0.4) is 0 Å². The van der Waals surface area contributed by atoms with E-state index in [2.05, 4.69) is 41.4 Å². The molecule has 15 heavy (non-hydrogen) atoms. The van der Waals surface area contributed by atoms with Crippen LogP contribution in [0.1, 0.15) is 11.1 Å². The second-order valence-corrected chi connectivity index (χ2v) is 3.94. The Morgan fingerprint density at radius 3 is 2.33 bits per heavy atom. The fourth-order valence-electron chi connectivity index (χ4n) is 2.24. The van der Waals surface area contributed by atoms with Crippen molar-refractivity contribution in [2.75, 3.05) is 0 Å². The maximum Gasteiger partial charge on any atom is 0.0707 e. The van der Waals surface area contributed by atoms with Crippen molar-refractivity contribution in [2.45, 2.75) is 6.42 Å². The quantitative estimate of drug-likeness (QED) is 0.461. The van der Waals surface area contributed by atoms with E-state index in [0.29, 0.717) is 0 Å². The zero-order valence-corrected chi connectivity index (χ0v) is 8.90. The molecule has 1 aliphatic carbocycles. The first-order chi connectivity index (χ1) is 6.95. The number of hydrogen-bond acceptors (Lipinski definition) is 0. The molecule has 0 amide bonds. The van der Waals surface area contributed by atoms with Gasteiger partial charge in [-0.1, -0.05) is 36.4 Å². The van der Waals surface area contributed by atoms with Gasteiger partial charge in [0.05, 0.1) is 11.0 Å². The molecule has 2 aromatic carbocycles. The van der Waals surface area contributed by atoms with Crippen LogP contribution < -0.4 is 0 Å². The summed E-state index contributed by atoms with van der Waals surface area (Å²) in [4.78, 5) is 3.38. The monoisotopic (exact) mass is 215 g/mol. The van der Waals surface area contributed by atoms with Crippen molar-refractivity contribution < 1.29 is 0 Å². The SMILES string of the molecule is Cl.c1cccc2c(cc1)c1c(c3[nH]c32)C1. The molecule has 0 radical (unpaired) electrons. The second-order valence-electron chi connectivity index (χ2n) is 3.94. The van der Waals surface area contributed by atoms with Crippen molar-refractivity contribution >= 4 is 34.2 Å². The largest absolute Gasteiger partial charge is 0.351 e. The minimum atomic E-state index is 0. The summed E-state index contributed by atoms with van der Waals surface area (Å²) in [7, 11) is 0. The van der Waals surface area contributed by atoms with Crippen LogP contribution in [0.2, 0.25) is 0 Å². The predicted octanol–water partition coefficient (Wildman–Crippen LogP) is 3.65. The van der Waals surface area contributed by atoms with Gasteiger partial charge in [0.1, 0.15) is 0 Å². The van der Waals surface area contributed by atoms with E-state index in [1.807, 2.05) is 0 Å². The summed E-state index contributed by atoms with van der Waals surface area (Å²) in [5.74, 6) is 0. The first-order valence-corrected chi connectivity index (χ1v) is 4.95. The Balaban J connectivity index is 0.000000722. The lowest BCUT2D eigenvalue weighted by Crippen LogP contribution is -1.65. The zero-order valence-electron chi connectivity index (χ0n) is 8.08. The molecule has 1 aliphatic rings. The van der Waals surface area contributed by atoms with Gasteiger partial charge in [-0.25, -0.2) is 0 Å². The standard InChI is InChI=1S/C13H9N.ClH/c1-2-4-6-9-8(5-3-1)10-7-11(10)13-12(9)14-13;/h1-6,14H,7H2;1H. The smallest absolute Gasteiger partial charge is 0.0707 e. The van der Waals surface area contributed by atoms with Gasteiger partial charge in [0.2, 0.25) is 0 Å². The van der Waals surface area contributed by atoms with Gasteiger partial charge in [0.25, 0.3) is 0 Å². The number of halogens is 1. The van der Waals surface area contributed by atoms with Crippen molar-refractivity contribution in [3.05, 3.63) is 47.5 Å². The Hall–Kier alpha value is -1.47. The van der Waals surface area contributed by atoms with Crippen LogP contribution in [-0.4, -0.2) is 4.98 Å². The second kappa shape index (κ2) is 2.77. The summed E-state index contributed by atoms with van der Waals surface area (Å²) in [5, 5.41) is 2.79. The van der Waals surface area contributed by atoms with Gasteiger partial charge in [-0.15, -0.1) is 12.4 Å². The van der Waals surface area contributed by atoms with Crippen LogP contribution in [0, 0.1) is 0 Å². The predicted molar refractivity (Wildman–Crippen MR) is 65.9 cm³/mol. The van der Waals surface area contributed by atoms with E-state index in [1.54, 1.807) is 11.1 Å². The van der Waals surface area contributed by atoms with E-state index in [1.165, 1.54) is 28.2 Å². The fraction of sp³-hybridized carbons (Fsp3) is 0.0769. The van der Waals surface area contributed by atoms with Gasteiger partial charge >= 0.3 is 0 Å². The van der Waals surface area contributed by atoms with Crippen LogP contribution in [-0.2, 0) is 6.42 Å². The molecule has 2 heteroatoms. The minimum Gasteiger partial charge on any atom is -0.351 e. The summed E-state index contributed by atoms with van der Waals surface area (Å²) >= 11 is 0. The number of fused-ring (bicyclic) bond motifs is 6. The molecule has 0 fully saturated rings. The molecule has 1 N–H and O–H groups in total. The van der Waals surface area contributed by atoms with Crippen LogP contribution in [0.4, 0.5) is 0 Å². The van der Waals surface area contributed by atoms with Crippen molar-refractivity contribution in [1.82, 2.24) is 4.98 Å². The first kappa shape index (κ1) is 8.81. The van der Waals surface area contributed by atoms with Crippen LogP contribution in [0.25, 0.3) is 21.8 Å². The average Bonchev–Trinajstić information content (AvgIpc) is 2.94. The van der Waals surface area contributed by atoms with Crippen molar-refractivity contribution in [1.29, 1.82) is 0 Å². The molecular formula is C13H10ClN. The molecule has 74 valence electrons. The van der Waals surface area contributed by atoms with Crippen molar-refractivity contribution in [3.8, 4) is 0 Å². The number of rotatable bonds is 0. The lowest BCUT2D eigenvalue weighted by atomic mass is 10.1. The molecule has 1 aromatic heterocycles. The molecule has 0 bridgehead atoms.